The van der Waals surface area contributed by atoms with Gasteiger partial charge in [-0.3, -0.25) is 4.79 Å². The van der Waals surface area contributed by atoms with Crippen molar-refractivity contribution in [1.29, 1.82) is 0 Å². The summed E-state index contributed by atoms with van der Waals surface area (Å²) in [6, 6.07) is 1.80. The predicted molar refractivity (Wildman–Crippen MR) is 115 cm³/mol. The van der Waals surface area contributed by atoms with Crippen LogP contribution in [-0.4, -0.2) is 84.8 Å². The molecule has 174 valence electrons. The van der Waals surface area contributed by atoms with Crippen LogP contribution in [0.3, 0.4) is 0 Å². The fraction of sp³-hybridized carbons (Fsp3) is 0.545. The fourth-order valence-electron chi connectivity index (χ4n) is 5.05. The number of hydrogen-bond donors (Lipinski definition) is 1. The monoisotopic (exact) mass is 453 g/mol. The van der Waals surface area contributed by atoms with Gasteiger partial charge in [-0.15, -0.1) is 5.10 Å². The topological polar surface area (TPSA) is 127 Å². The van der Waals surface area contributed by atoms with Crippen LogP contribution in [-0.2, 0) is 27.4 Å². The lowest BCUT2D eigenvalue weighted by Gasteiger charge is -2.38. The SMILES string of the molecule is CC1=C(N2CCC3(CCN(CCc4cnc(-n5cnnn5)cc4CO)CC3)C2=O)COC1=O. The first kappa shape index (κ1) is 21.7. The highest BCUT2D eigenvalue weighted by atomic mass is 16.5. The number of nitrogens with zero attached hydrogens (tertiary/aromatic N) is 7. The molecule has 0 unspecified atom stereocenters. The van der Waals surface area contributed by atoms with E-state index in [0.29, 0.717) is 17.9 Å². The van der Waals surface area contributed by atoms with Crippen LogP contribution >= 0.6 is 0 Å². The summed E-state index contributed by atoms with van der Waals surface area (Å²) in [6.07, 6.45) is 6.44. The Morgan fingerprint density at radius 1 is 1.15 bits per heavy atom. The molecule has 2 aromatic heterocycles. The third-order valence-electron chi connectivity index (χ3n) is 7.25. The third kappa shape index (κ3) is 3.91. The average Bonchev–Trinajstić information content (AvgIpc) is 3.56. The van der Waals surface area contributed by atoms with Crippen molar-refractivity contribution in [1.82, 2.24) is 35.0 Å². The lowest BCUT2D eigenvalue weighted by molar-refractivity contribution is -0.138. The van der Waals surface area contributed by atoms with Gasteiger partial charge in [-0.25, -0.2) is 9.78 Å². The van der Waals surface area contributed by atoms with Gasteiger partial charge in [0.05, 0.1) is 23.3 Å². The number of cyclic esters (lactones) is 1. The van der Waals surface area contributed by atoms with E-state index in [1.807, 2.05) is 0 Å². The predicted octanol–water partition coefficient (Wildman–Crippen LogP) is 0.237. The average molecular weight is 454 g/mol. The molecule has 0 radical (unpaired) electrons. The van der Waals surface area contributed by atoms with E-state index in [0.717, 1.165) is 62.1 Å². The van der Waals surface area contributed by atoms with E-state index in [1.165, 1.54) is 11.0 Å². The Kier molecular flexibility index (Phi) is 5.67. The lowest BCUT2D eigenvalue weighted by Crippen LogP contribution is -2.45. The number of likely N-dealkylation sites (tertiary alicyclic amines) is 2. The Balaban J connectivity index is 1.19. The Hall–Kier alpha value is -3.18. The second-order valence-corrected chi connectivity index (χ2v) is 8.95. The maximum Gasteiger partial charge on any atom is 0.336 e. The van der Waals surface area contributed by atoms with E-state index in [4.69, 9.17) is 4.74 Å². The number of ether oxygens (including phenoxy) is 1. The minimum absolute atomic E-state index is 0.0814. The van der Waals surface area contributed by atoms with E-state index < -0.39 is 0 Å². The van der Waals surface area contributed by atoms with Crippen molar-refractivity contribution >= 4 is 11.9 Å². The number of hydrogen-bond acceptors (Lipinski definition) is 9. The maximum atomic E-state index is 13.3. The third-order valence-corrected chi connectivity index (χ3v) is 7.25. The van der Waals surface area contributed by atoms with Gasteiger partial charge in [0.2, 0.25) is 5.91 Å². The Morgan fingerprint density at radius 3 is 2.61 bits per heavy atom. The van der Waals surface area contributed by atoms with E-state index in [2.05, 4.69) is 25.4 Å². The van der Waals surface area contributed by atoms with Gasteiger partial charge in [-0.05, 0) is 73.3 Å². The lowest BCUT2D eigenvalue weighted by atomic mass is 9.77. The number of carbonyl (C=O) groups excluding carboxylic acids is 2. The number of pyridine rings is 1. The molecule has 11 heteroatoms. The first-order chi connectivity index (χ1) is 16.0. The molecule has 5 heterocycles. The van der Waals surface area contributed by atoms with Gasteiger partial charge in [0.1, 0.15) is 12.9 Å². The maximum absolute atomic E-state index is 13.3. The van der Waals surface area contributed by atoms with E-state index in [9.17, 15) is 14.7 Å². The standard InChI is InChI=1S/C22H27N7O4/c1-15-18(13-33-20(15)31)28-9-5-22(21(28)32)3-7-27(8-4-22)6-2-16-11-23-19(10-17(16)12-30)29-14-24-25-26-29/h10-11,14,30H,2-9,12-13H2,1H3. The molecule has 5 rings (SSSR count). The summed E-state index contributed by atoms with van der Waals surface area (Å²) in [4.78, 5) is 33.6. The number of aromatic nitrogens is 5. The zero-order valence-corrected chi connectivity index (χ0v) is 18.6. The van der Waals surface area contributed by atoms with Crippen LogP contribution in [0.1, 0.15) is 37.3 Å². The summed E-state index contributed by atoms with van der Waals surface area (Å²) in [6.45, 7) is 5.03. The van der Waals surface area contributed by atoms with Crippen LogP contribution in [0.4, 0.5) is 0 Å². The van der Waals surface area contributed by atoms with Crippen LogP contribution in [0.15, 0.2) is 29.9 Å². The quantitative estimate of drug-likeness (QED) is 0.612. The number of amides is 1. The van der Waals surface area contributed by atoms with E-state index >= 15 is 0 Å². The van der Waals surface area contributed by atoms with Gasteiger partial charge in [0.15, 0.2) is 5.82 Å². The second-order valence-electron chi connectivity index (χ2n) is 8.95. The molecule has 0 aliphatic carbocycles. The zero-order chi connectivity index (χ0) is 23.0. The van der Waals surface area contributed by atoms with Crippen molar-refractivity contribution in [2.75, 3.05) is 32.8 Å². The molecule has 0 aromatic carbocycles. The molecule has 33 heavy (non-hydrogen) atoms. The summed E-state index contributed by atoms with van der Waals surface area (Å²) in [5, 5.41) is 20.9. The molecule has 0 bridgehead atoms. The molecule has 2 saturated heterocycles. The second kappa shape index (κ2) is 8.64. The molecule has 2 aromatic rings. The number of esters is 1. The normalized spacial score (nSPS) is 20.8. The van der Waals surface area contributed by atoms with Gasteiger partial charge >= 0.3 is 5.97 Å². The van der Waals surface area contributed by atoms with Crippen molar-refractivity contribution in [3.8, 4) is 5.82 Å². The van der Waals surface area contributed by atoms with Gasteiger partial charge in [0, 0.05) is 19.3 Å². The molecule has 1 amide bonds. The van der Waals surface area contributed by atoms with Crippen LogP contribution in [0.5, 0.6) is 0 Å². The first-order valence-corrected chi connectivity index (χ1v) is 11.2. The Bertz CT molecular complexity index is 1090. The van der Waals surface area contributed by atoms with Crippen LogP contribution < -0.4 is 0 Å². The Labute approximate surface area is 191 Å². The number of piperidine rings is 1. The van der Waals surface area contributed by atoms with Crippen molar-refractivity contribution in [3.05, 3.63) is 41.0 Å². The number of rotatable bonds is 6. The van der Waals surface area contributed by atoms with Crippen molar-refractivity contribution < 1.29 is 19.4 Å². The molecule has 3 aliphatic rings. The van der Waals surface area contributed by atoms with Crippen LogP contribution in [0, 0.1) is 5.41 Å². The number of carbonyl (C=O) groups is 2. The highest BCUT2D eigenvalue weighted by Crippen LogP contribution is 2.43. The van der Waals surface area contributed by atoms with Crippen LogP contribution in [0.25, 0.3) is 5.82 Å². The largest absolute Gasteiger partial charge is 0.456 e. The molecule has 1 N–H and O–H groups in total. The highest BCUT2D eigenvalue weighted by Gasteiger charge is 2.49. The summed E-state index contributed by atoms with van der Waals surface area (Å²) in [7, 11) is 0. The van der Waals surface area contributed by atoms with E-state index in [-0.39, 0.29) is 30.5 Å². The fourth-order valence-corrected chi connectivity index (χ4v) is 5.05. The summed E-state index contributed by atoms with van der Waals surface area (Å²) >= 11 is 0. The smallest absolute Gasteiger partial charge is 0.336 e. The number of tetrazole rings is 1. The van der Waals surface area contributed by atoms with Gasteiger partial charge in [-0.2, -0.15) is 4.68 Å². The highest BCUT2D eigenvalue weighted by molar-refractivity contribution is 5.94. The first-order valence-electron chi connectivity index (χ1n) is 11.2. The molecule has 11 nitrogen and oxygen atoms in total. The summed E-state index contributed by atoms with van der Waals surface area (Å²) in [5.41, 5.74) is 2.75. The van der Waals surface area contributed by atoms with Crippen molar-refractivity contribution in [2.24, 2.45) is 5.41 Å². The molecular weight excluding hydrogens is 426 g/mol. The molecule has 1 spiro atoms. The van der Waals surface area contributed by atoms with Gasteiger partial charge < -0.3 is 19.6 Å². The van der Waals surface area contributed by atoms with E-state index in [1.54, 1.807) is 24.1 Å². The minimum Gasteiger partial charge on any atom is -0.456 e. The van der Waals surface area contributed by atoms with Gasteiger partial charge in [-0.1, -0.05) is 0 Å². The molecule has 2 fully saturated rings. The summed E-state index contributed by atoms with van der Waals surface area (Å²) < 4.78 is 6.56. The van der Waals surface area contributed by atoms with Crippen molar-refractivity contribution in [2.45, 2.75) is 39.2 Å². The zero-order valence-electron chi connectivity index (χ0n) is 18.6. The molecular formula is C22H27N7O4. The van der Waals surface area contributed by atoms with Crippen molar-refractivity contribution in [3.63, 3.8) is 0 Å². The van der Waals surface area contributed by atoms with Crippen LogP contribution in [0.2, 0.25) is 0 Å². The molecule has 0 atom stereocenters. The van der Waals surface area contributed by atoms with Gasteiger partial charge in [0.25, 0.3) is 0 Å². The molecule has 0 saturated carbocycles. The summed E-state index contributed by atoms with van der Waals surface area (Å²) in [5.74, 6) is 0.382. The Morgan fingerprint density at radius 2 is 1.94 bits per heavy atom. The number of aliphatic hydroxyl groups excluding tert-OH is 1. The number of aliphatic hydroxyl groups is 1. The molecule has 3 aliphatic heterocycles. The minimum atomic E-state index is -0.333.